The molecule has 2 N–H and O–H groups in total. The van der Waals surface area contributed by atoms with Gasteiger partial charge in [0.1, 0.15) is 11.5 Å². The number of benzene rings is 1. The molecule has 25 heavy (non-hydrogen) atoms. The van der Waals surface area contributed by atoms with E-state index in [-0.39, 0.29) is 5.91 Å². The molecule has 3 aromatic rings. The Morgan fingerprint density at radius 2 is 2.04 bits per heavy atom. The molecule has 1 aromatic carbocycles. The van der Waals surface area contributed by atoms with E-state index >= 15 is 0 Å². The lowest BCUT2D eigenvalue weighted by atomic mass is 10.2. The molecule has 7 heteroatoms. The van der Waals surface area contributed by atoms with E-state index in [0.717, 1.165) is 11.3 Å². The second-order valence-electron chi connectivity index (χ2n) is 5.39. The number of amides is 1. The molecule has 2 aromatic heterocycles. The van der Waals surface area contributed by atoms with Crippen molar-refractivity contribution in [3.05, 3.63) is 65.9 Å². The van der Waals surface area contributed by atoms with Crippen molar-refractivity contribution >= 4 is 17.5 Å². The highest BCUT2D eigenvalue weighted by atomic mass is 16.5. The summed E-state index contributed by atoms with van der Waals surface area (Å²) >= 11 is 0. The number of methoxy groups -OCH3 is 1. The Bertz CT molecular complexity index is 845. The Labute approximate surface area is 145 Å². The lowest BCUT2D eigenvalue weighted by Gasteiger charge is -2.11. The van der Waals surface area contributed by atoms with Crippen LogP contribution in [0.4, 0.5) is 11.6 Å². The van der Waals surface area contributed by atoms with Gasteiger partial charge in [-0.2, -0.15) is 0 Å². The van der Waals surface area contributed by atoms with E-state index < -0.39 is 0 Å². The van der Waals surface area contributed by atoms with Crippen LogP contribution in [0.15, 0.2) is 53.4 Å². The topological polar surface area (TPSA) is 89.3 Å². The summed E-state index contributed by atoms with van der Waals surface area (Å²) < 4.78 is 10.5. The molecule has 0 aliphatic rings. The zero-order chi connectivity index (χ0) is 17.6. The van der Waals surface area contributed by atoms with Crippen molar-refractivity contribution in [2.24, 2.45) is 0 Å². The Balaban J connectivity index is 1.65. The van der Waals surface area contributed by atoms with E-state index in [1.807, 2.05) is 37.3 Å². The number of nitrogens with zero attached hydrogens (tertiary/aromatic N) is 2. The molecule has 3 rings (SSSR count). The molecule has 0 atom stereocenters. The zero-order valence-corrected chi connectivity index (χ0v) is 13.9. The molecule has 0 radical (unpaired) electrons. The van der Waals surface area contributed by atoms with Crippen molar-refractivity contribution < 1.29 is 13.9 Å². The van der Waals surface area contributed by atoms with Gasteiger partial charge < -0.3 is 19.8 Å². The van der Waals surface area contributed by atoms with E-state index in [4.69, 9.17) is 9.15 Å². The number of carbonyl (C=O) groups is 1. The Hall–Kier alpha value is -3.35. The first-order chi connectivity index (χ1) is 12.2. The van der Waals surface area contributed by atoms with Gasteiger partial charge in [0.05, 0.1) is 31.2 Å². The van der Waals surface area contributed by atoms with Crippen LogP contribution in [0.25, 0.3) is 0 Å². The fourth-order valence-corrected chi connectivity index (χ4v) is 2.23. The standard InChI is InChI=1S/C18H18N4O3/c1-12-5-6-16(24-2)15(8-12)22-17(23)13-9-19-18(20-10-13)21-11-14-4-3-7-25-14/h3-10H,11H2,1-2H3,(H,22,23)(H,19,20,21). The minimum Gasteiger partial charge on any atom is -0.495 e. The lowest BCUT2D eigenvalue weighted by molar-refractivity contribution is 0.102. The predicted octanol–water partition coefficient (Wildman–Crippen LogP) is 3.25. The van der Waals surface area contributed by atoms with E-state index in [1.165, 1.54) is 12.4 Å². The molecular formula is C18H18N4O3. The summed E-state index contributed by atoms with van der Waals surface area (Å²) in [5, 5.41) is 5.83. The third-order valence-electron chi connectivity index (χ3n) is 3.52. The van der Waals surface area contributed by atoms with Crippen LogP contribution in [0, 0.1) is 6.92 Å². The maximum atomic E-state index is 12.4. The van der Waals surface area contributed by atoms with Crippen LogP contribution < -0.4 is 15.4 Å². The zero-order valence-electron chi connectivity index (χ0n) is 13.9. The molecule has 0 aliphatic heterocycles. The van der Waals surface area contributed by atoms with Gasteiger partial charge in [0.25, 0.3) is 5.91 Å². The summed E-state index contributed by atoms with van der Waals surface area (Å²) in [6.45, 7) is 2.41. The molecule has 0 fully saturated rings. The molecular weight excluding hydrogens is 320 g/mol. The number of carbonyl (C=O) groups excluding carboxylic acids is 1. The smallest absolute Gasteiger partial charge is 0.258 e. The van der Waals surface area contributed by atoms with Crippen LogP contribution >= 0.6 is 0 Å². The van der Waals surface area contributed by atoms with E-state index in [9.17, 15) is 4.79 Å². The first kappa shape index (κ1) is 16.5. The van der Waals surface area contributed by atoms with Crippen molar-refractivity contribution in [3.8, 4) is 5.75 Å². The van der Waals surface area contributed by atoms with Crippen LogP contribution in [0.1, 0.15) is 21.7 Å². The van der Waals surface area contributed by atoms with Gasteiger partial charge in [-0.3, -0.25) is 4.79 Å². The molecule has 0 spiro atoms. The number of ether oxygens (including phenoxy) is 1. The van der Waals surface area contributed by atoms with Gasteiger partial charge in [-0.25, -0.2) is 9.97 Å². The summed E-state index contributed by atoms with van der Waals surface area (Å²) in [5.74, 6) is 1.48. The number of aryl methyl sites for hydroxylation is 1. The molecule has 2 heterocycles. The van der Waals surface area contributed by atoms with Crippen molar-refractivity contribution in [2.75, 3.05) is 17.7 Å². The van der Waals surface area contributed by atoms with Gasteiger partial charge >= 0.3 is 0 Å². The molecule has 128 valence electrons. The first-order valence-electron chi connectivity index (χ1n) is 7.70. The van der Waals surface area contributed by atoms with Gasteiger partial charge in [-0.1, -0.05) is 6.07 Å². The van der Waals surface area contributed by atoms with Gasteiger partial charge in [-0.05, 0) is 36.8 Å². The largest absolute Gasteiger partial charge is 0.495 e. The van der Waals surface area contributed by atoms with Gasteiger partial charge in [-0.15, -0.1) is 0 Å². The highest BCUT2D eigenvalue weighted by molar-refractivity contribution is 6.04. The van der Waals surface area contributed by atoms with Crippen molar-refractivity contribution in [3.63, 3.8) is 0 Å². The minimum atomic E-state index is -0.304. The Morgan fingerprint density at radius 3 is 2.72 bits per heavy atom. The van der Waals surface area contributed by atoms with Gasteiger partial charge in [0.15, 0.2) is 0 Å². The predicted molar refractivity (Wildman–Crippen MR) is 93.8 cm³/mol. The summed E-state index contributed by atoms with van der Waals surface area (Å²) in [7, 11) is 1.56. The quantitative estimate of drug-likeness (QED) is 0.717. The monoisotopic (exact) mass is 338 g/mol. The van der Waals surface area contributed by atoms with Gasteiger partial charge in [0.2, 0.25) is 5.95 Å². The fraction of sp³-hybridized carbons (Fsp3) is 0.167. The van der Waals surface area contributed by atoms with Crippen molar-refractivity contribution in [2.45, 2.75) is 13.5 Å². The number of hydrogen-bond donors (Lipinski definition) is 2. The molecule has 1 amide bonds. The summed E-state index contributed by atoms with van der Waals surface area (Å²) in [4.78, 5) is 20.7. The van der Waals surface area contributed by atoms with Gasteiger partial charge in [0, 0.05) is 12.4 Å². The summed E-state index contributed by atoms with van der Waals surface area (Å²) in [5.41, 5.74) is 1.98. The normalized spacial score (nSPS) is 10.3. The van der Waals surface area contributed by atoms with Crippen LogP contribution in [-0.2, 0) is 6.54 Å². The number of anilines is 2. The van der Waals surface area contributed by atoms with Crippen LogP contribution in [0.3, 0.4) is 0 Å². The number of nitrogens with one attached hydrogen (secondary N) is 2. The summed E-state index contributed by atoms with van der Waals surface area (Å²) in [6.07, 6.45) is 4.54. The van der Waals surface area contributed by atoms with E-state index in [2.05, 4.69) is 20.6 Å². The molecule has 0 saturated heterocycles. The lowest BCUT2D eigenvalue weighted by Crippen LogP contribution is -2.14. The highest BCUT2D eigenvalue weighted by Crippen LogP contribution is 2.25. The van der Waals surface area contributed by atoms with Crippen LogP contribution in [-0.4, -0.2) is 23.0 Å². The third kappa shape index (κ3) is 4.14. The van der Waals surface area contributed by atoms with E-state index in [1.54, 1.807) is 13.4 Å². The number of hydrogen-bond acceptors (Lipinski definition) is 6. The first-order valence-corrected chi connectivity index (χ1v) is 7.70. The minimum absolute atomic E-state index is 0.304. The Morgan fingerprint density at radius 1 is 1.24 bits per heavy atom. The molecule has 0 aliphatic carbocycles. The van der Waals surface area contributed by atoms with Crippen LogP contribution in [0.5, 0.6) is 5.75 Å². The maximum Gasteiger partial charge on any atom is 0.258 e. The fourth-order valence-electron chi connectivity index (χ4n) is 2.23. The second-order valence-corrected chi connectivity index (χ2v) is 5.39. The average Bonchev–Trinajstić information content (AvgIpc) is 3.14. The molecule has 0 bridgehead atoms. The average molecular weight is 338 g/mol. The number of rotatable bonds is 6. The SMILES string of the molecule is COc1ccc(C)cc1NC(=O)c1cnc(NCc2ccco2)nc1. The molecule has 7 nitrogen and oxygen atoms in total. The van der Waals surface area contributed by atoms with E-state index in [0.29, 0.717) is 29.5 Å². The third-order valence-corrected chi connectivity index (χ3v) is 3.52. The number of aromatic nitrogens is 2. The van der Waals surface area contributed by atoms with Crippen LogP contribution in [0.2, 0.25) is 0 Å². The second kappa shape index (κ2) is 7.48. The van der Waals surface area contributed by atoms with Crippen molar-refractivity contribution in [1.82, 2.24) is 9.97 Å². The highest BCUT2D eigenvalue weighted by Gasteiger charge is 2.11. The molecule has 0 saturated carbocycles. The number of furan rings is 1. The maximum absolute atomic E-state index is 12.4. The van der Waals surface area contributed by atoms with Crippen molar-refractivity contribution in [1.29, 1.82) is 0 Å². The Kier molecular flexibility index (Phi) is 4.94. The molecule has 0 unspecified atom stereocenters. The summed E-state index contributed by atoms with van der Waals surface area (Å²) in [6, 6.07) is 9.23.